The summed E-state index contributed by atoms with van der Waals surface area (Å²) in [5, 5.41) is 10.8. The first-order valence-corrected chi connectivity index (χ1v) is 5.94. The van der Waals surface area contributed by atoms with Crippen LogP contribution in [-0.4, -0.2) is 23.2 Å². The Morgan fingerprint density at radius 2 is 1.85 bits per heavy atom. The number of aromatic carboxylic acids is 1. The number of amides is 1. The molecular weight excluding hydrogens is 322 g/mol. The summed E-state index contributed by atoms with van der Waals surface area (Å²) in [7, 11) is 0. The number of carbonyl (C=O) groups excluding carboxylic acids is 1. The minimum atomic E-state index is -4.48. The van der Waals surface area contributed by atoms with E-state index >= 15 is 0 Å². The first-order chi connectivity index (χ1) is 9.10. The number of halogens is 5. The van der Waals surface area contributed by atoms with E-state index in [1.165, 1.54) is 6.07 Å². The first-order valence-electron chi connectivity index (χ1n) is 5.19. The molecule has 0 aliphatic heterocycles. The van der Waals surface area contributed by atoms with Crippen LogP contribution in [-0.2, 0) is 4.79 Å². The minimum Gasteiger partial charge on any atom is -0.478 e. The Balaban J connectivity index is 2.92. The summed E-state index contributed by atoms with van der Waals surface area (Å²) in [5.41, 5.74) is -0.682. The summed E-state index contributed by atoms with van der Waals surface area (Å²) < 4.78 is 35.9. The van der Waals surface area contributed by atoms with Gasteiger partial charge < -0.3 is 10.4 Å². The zero-order chi connectivity index (χ0) is 15.5. The van der Waals surface area contributed by atoms with Gasteiger partial charge in [0.2, 0.25) is 5.91 Å². The van der Waals surface area contributed by atoms with Crippen LogP contribution in [0.1, 0.15) is 23.2 Å². The smallest absolute Gasteiger partial charge is 0.389 e. The third-order valence-corrected chi connectivity index (χ3v) is 2.70. The topological polar surface area (TPSA) is 66.4 Å². The molecule has 1 aromatic carbocycles. The summed E-state index contributed by atoms with van der Waals surface area (Å²) in [6, 6.07) is 2.21. The van der Waals surface area contributed by atoms with Crippen molar-refractivity contribution in [2.75, 3.05) is 5.32 Å². The second-order valence-corrected chi connectivity index (χ2v) is 4.62. The molecule has 0 saturated carbocycles. The van der Waals surface area contributed by atoms with Gasteiger partial charge in [-0.2, -0.15) is 13.2 Å². The van der Waals surface area contributed by atoms with Gasteiger partial charge >= 0.3 is 12.1 Å². The molecule has 0 radical (unpaired) electrons. The fourth-order valence-corrected chi connectivity index (χ4v) is 1.87. The van der Waals surface area contributed by atoms with Crippen LogP contribution in [0.25, 0.3) is 0 Å². The first kappa shape index (κ1) is 16.6. The van der Waals surface area contributed by atoms with Crippen molar-refractivity contribution in [1.29, 1.82) is 0 Å². The van der Waals surface area contributed by atoms with E-state index in [9.17, 15) is 22.8 Å². The number of anilines is 1. The van der Waals surface area contributed by atoms with Crippen molar-refractivity contribution in [3.63, 3.8) is 0 Å². The number of rotatable bonds is 4. The van der Waals surface area contributed by atoms with Crippen LogP contribution in [0.3, 0.4) is 0 Å². The normalized spacial score (nSPS) is 11.2. The second-order valence-electron chi connectivity index (χ2n) is 3.78. The van der Waals surface area contributed by atoms with Gasteiger partial charge in [0.1, 0.15) is 0 Å². The van der Waals surface area contributed by atoms with Gasteiger partial charge in [0.05, 0.1) is 22.7 Å². The highest BCUT2D eigenvalue weighted by molar-refractivity contribution is 6.37. The molecule has 0 atom stereocenters. The molecular formula is C11H8Cl2F3NO3. The lowest BCUT2D eigenvalue weighted by atomic mass is 10.1. The van der Waals surface area contributed by atoms with Crippen LogP contribution in [0.15, 0.2) is 12.1 Å². The summed E-state index contributed by atoms with van der Waals surface area (Å²) in [5.74, 6) is -2.41. The minimum absolute atomic E-state index is 0.0284. The number of carboxylic acid groups (broad SMARTS) is 1. The molecule has 0 heterocycles. The van der Waals surface area contributed by atoms with Gasteiger partial charge in [-0.05, 0) is 12.1 Å². The third kappa shape index (κ3) is 4.90. The predicted molar refractivity (Wildman–Crippen MR) is 67.3 cm³/mol. The molecule has 20 heavy (non-hydrogen) atoms. The molecule has 1 amide bonds. The molecule has 0 aromatic heterocycles. The second kappa shape index (κ2) is 6.32. The van der Waals surface area contributed by atoms with E-state index in [1.54, 1.807) is 0 Å². The Hall–Kier alpha value is -1.47. The van der Waals surface area contributed by atoms with Gasteiger partial charge in [-0.15, -0.1) is 0 Å². The Labute approximate surface area is 121 Å². The highest BCUT2D eigenvalue weighted by atomic mass is 35.5. The molecule has 0 unspecified atom stereocenters. The van der Waals surface area contributed by atoms with E-state index in [2.05, 4.69) is 0 Å². The Morgan fingerprint density at radius 1 is 1.25 bits per heavy atom. The zero-order valence-electron chi connectivity index (χ0n) is 9.72. The third-order valence-electron chi connectivity index (χ3n) is 2.19. The number of carboxylic acids is 1. The number of benzene rings is 1. The maximum absolute atomic E-state index is 12.0. The van der Waals surface area contributed by atoms with Crippen molar-refractivity contribution >= 4 is 40.8 Å². The van der Waals surface area contributed by atoms with Crippen LogP contribution >= 0.6 is 23.2 Å². The largest absolute Gasteiger partial charge is 0.478 e. The van der Waals surface area contributed by atoms with Gasteiger partial charge in [-0.25, -0.2) is 4.79 Å². The van der Waals surface area contributed by atoms with Gasteiger partial charge in [0.15, 0.2) is 0 Å². The van der Waals surface area contributed by atoms with Crippen LogP contribution in [0.2, 0.25) is 10.0 Å². The van der Waals surface area contributed by atoms with Crippen molar-refractivity contribution in [2.24, 2.45) is 0 Å². The Kier molecular flexibility index (Phi) is 5.24. The summed E-state index contributed by atoms with van der Waals surface area (Å²) >= 11 is 11.3. The number of hydrogen-bond acceptors (Lipinski definition) is 2. The number of alkyl halides is 3. The average molecular weight is 330 g/mol. The average Bonchev–Trinajstić information content (AvgIpc) is 2.28. The molecule has 4 nitrogen and oxygen atoms in total. The Morgan fingerprint density at radius 3 is 2.35 bits per heavy atom. The summed E-state index contributed by atoms with van der Waals surface area (Å²) in [4.78, 5) is 22.4. The molecule has 0 aliphatic rings. The molecule has 0 spiro atoms. The number of hydrogen-bond donors (Lipinski definition) is 2. The van der Waals surface area contributed by atoms with Gasteiger partial charge in [-0.1, -0.05) is 23.2 Å². The molecule has 9 heteroatoms. The van der Waals surface area contributed by atoms with E-state index in [0.717, 1.165) is 6.07 Å². The molecule has 0 bridgehead atoms. The summed E-state index contributed by atoms with van der Waals surface area (Å²) in [6.45, 7) is 0. The standard InChI is InChI=1S/C11H8Cl2F3NO3/c12-5-3-6(10(19)20)9(7(13)4-5)17-8(18)1-2-11(14,15)16/h3-4H,1-2H2,(H,17,18)(H,19,20). The van der Waals surface area contributed by atoms with Gasteiger partial charge in [0, 0.05) is 11.4 Å². The van der Waals surface area contributed by atoms with Crippen LogP contribution in [0, 0.1) is 0 Å². The molecule has 1 rings (SSSR count). The van der Waals surface area contributed by atoms with E-state index in [1.807, 2.05) is 5.32 Å². The van der Waals surface area contributed by atoms with Crippen molar-refractivity contribution in [3.05, 3.63) is 27.7 Å². The zero-order valence-corrected chi connectivity index (χ0v) is 11.2. The quantitative estimate of drug-likeness (QED) is 0.878. The number of carbonyl (C=O) groups is 2. The van der Waals surface area contributed by atoms with Crippen molar-refractivity contribution in [1.82, 2.24) is 0 Å². The van der Waals surface area contributed by atoms with Crippen LogP contribution < -0.4 is 5.32 Å². The fourth-order valence-electron chi connectivity index (χ4n) is 1.33. The monoisotopic (exact) mass is 329 g/mol. The van der Waals surface area contributed by atoms with Crippen molar-refractivity contribution in [2.45, 2.75) is 19.0 Å². The van der Waals surface area contributed by atoms with Crippen LogP contribution in [0.4, 0.5) is 18.9 Å². The molecule has 0 saturated heterocycles. The molecule has 0 aliphatic carbocycles. The van der Waals surface area contributed by atoms with Crippen LogP contribution in [0.5, 0.6) is 0 Å². The lowest BCUT2D eigenvalue weighted by Gasteiger charge is -2.11. The maximum atomic E-state index is 12.0. The molecule has 2 N–H and O–H groups in total. The van der Waals surface area contributed by atoms with E-state index in [4.69, 9.17) is 28.3 Å². The lowest BCUT2D eigenvalue weighted by Crippen LogP contribution is -2.18. The van der Waals surface area contributed by atoms with E-state index < -0.39 is 36.5 Å². The van der Waals surface area contributed by atoms with E-state index in [-0.39, 0.29) is 15.7 Å². The van der Waals surface area contributed by atoms with Gasteiger partial charge in [-0.3, -0.25) is 4.79 Å². The fraction of sp³-hybridized carbons (Fsp3) is 0.273. The van der Waals surface area contributed by atoms with E-state index in [0.29, 0.717) is 0 Å². The lowest BCUT2D eigenvalue weighted by molar-refractivity contribution is -0.142. The molecule has 1 aromatic rings. The predicted octanol–water partition coefficient (Wildman–Crippen LogP) is 3.97. The molecule has 110 valence electrons. The van der Waals surface area contributed by atoms with Crippen molar-refractivity contribution in [3.8, 4) is 0 Å². The highest BCUT2D eigenvalue weighted by Crippen LogP contribution is 2.31. The van der Waals surface area contributed by atoms with Crippen molar-refractivity contribution < 1.29 is 27.9 Å². The maximum Gasteiger partial charge on any atom is 0.389 e. The molecule has 0 fully saturated rings. The number of nitrogens with one attached hydrogen (secondary N) is 1. The SMILES string of the molecule is O=C(CCC(F)(F)F)Nc1c(Cl)cc(Cl)cc1C(=O)O. The summed E-state index contributed by atoms with van der Waals surface area (Å²) in [6.07, 6.45) is -6.62. The highest BCUT2D eigenvalue weighted by Gasteiger charge is 2.28. The Bertz CT molecular complexity index is 546. The van der Waals surface area contributed by atoms with Gasteiger partial charge in [0.25, 0.3) is 0 Å².